The number of rotatable bonds is 2. The summed E-state index contributed by atoms with van der Waals surface area (Å²) in [6.07, 6.45) is 0. The van der Waals surface area contributed by atoms with E-state index in [0.29, 0.717) is 5.82 Å². The second-order valence-corrected chi connectivity index (χ2v) is 5.57. The first-order chi connectivity index (χ1) is 9.65. The molecule has 0 spiro atoms. The van der Waals surface area contributed by atoms with Crippen LogP contribution in [0.1, 0.15) is 5.56 Å². The molecule has 0 radical (unpaired) electrons. The van der Waals surface area contributed by atoms with Crippen molar-refractivity contribution >= 4 is 21.7 Å². The fraction of sp³-hybridized carbons (Fsp3) is 0.0625. The summed E-state index contributed by atoms with van der Waals surface area (Å²) in [6.45, 7) is 2.07. The number of aromatic nitrogens is 2. The predicted molar refractivity (Wildman–Crippen MR) is 85.8 cm³/mol. The topological polar surface area (TPSA) is 43.8 Å². The smallest absolute Gasteiger partial charge is 0.127 e. The minimum absolute atomic E-state index is 0.630. The number of nitrogen functional groups attached to an aromatic ring is 1. The fourth-order valence-electron chi connectivity index (χ4n) is 2.18. The van der Waals surface area contributed by atoms with Crippen LogP contribution in [0.15, 0.2) is 59.1 Å². The van der Waals surface area contributed by atoms with Crippen molar-refractivity contribution in [3.05, 3.63) is 64.6 Å². The van der Waals surface area contributed by atoms with E-state index >= 15 is 0 Å². The third kappa shape index (κ3) is 2.34. The van der Waals surface area contributed by atoms with Gasteiger partial charge in [-0.25, -0.2) is 4.68 Å². The highest BCUT2D eigenvalue weighted by Crippen LogP contribution is 2.25. The zero-order valence-corrected chi connectivity index (χ0v) is 12.6. The molecular formula is C16H14BrN3. The van der Waals surface area contributed by atoms with Gasteiger partial charge in [-0.2, -0.15) is 5.10 Å². The van der Waals surface area contributed by atoms with Crippen LogP contribution in [0.5, 0.6) is 0 Å². The Kier molecular flexibility index (Phi) is 3.32. The minimum atomic E-state index is 0.630. The molecule has 3 rings (SSSR count). The van der Waals surface area contributed by atoms with Gasteiger partial charge in [-0.05, 0) is 36.8 Å². The van der Waals surface area contributed by atoms with Crippen LogP contribution < -0.4 is 5.73 Å². The van der Waals surface area contributed by atoms with Crippen molar-refractivity contribution in [1.29, 1.82) is 0 Å². The van der Waals surface area contributed by atoms with Crippen LogP contribution in [0.4, 0.5) is 5.82 Å². The highest BCUT2D eigenvalue weighted by atomic mass is 79.9. The first-order valence-electron chi connectivity index (χ1n) is 6.32. The van der Waals surface area contributed by atoms with Gasteiger partial charge < -0.3 is 5.73 Å². The molecule has 3 nitrogen and oxygen atoms in total. The van der Waals surface area contributed by atoms with E-state index in [9.17, 15) is 0 Å². The largest absolute Gasteiger partial charge is 0.384 e. The van der Waals surface area contributed by atoms with Crippen LogP contribution >= 0.6 is 15.9 Å². The van der Waals surface area contributed by atoms with Crippen LogP contribution in [0.2, 0.25) is 0 Å². The molecule has 0 atom stereocenters. The number of nitrogens with two attached hydrogens (primary N) is 1. The first kappa shape index (κ1) is 12.9. The molecule has 3 aromatic rings. The Morgan fingerprint density at radius 1 is 1.05 bits per heavy atom. The standard InChI is InChI=1S/C16H14BrN3/c1-11-4-2-3-5-14(11)15-10-16(18)20(19-15)13-8-6-12(17)7-9-13/h2-10H,18H2,1H3. The molecule has 100 valence electrons. The van der Waals surface area contributed by atoms with Crippen LogP contribution in [0.25, 0.3) is 16.9 Å². The Balaban J connectivity index is 2.08. The highest BCUT2D eigenvalue weighted by Gasteiger charge is 2.10. The molecule has 2 aromatic carbocycles. The summed E-state index contributed by atoms with van der Waals surface area (Å²) in [7, 11) is 0. The number of benzene rings is 2. The Labute approximate surface area is 126 Å². The van der Waals surface area contributed by atoms with E-state index in [4.69, 9.17) is 5.73 Å². The molecule has 20 heavy (non-hydrogen) atoms. The number of anilines is 1. The second kappa shape index (κ2) is 5.13. The number of halogens is 1. The molecule has 0 saturated carbocycles. The van der Waals surface area contributed by atoms with E-state index in [-0.39, 0.29) is 0 Å². The predicted octanol–water partition coefficient (Wildman–Crippen LogP) is 4.19. The molecule has 0 saturated heterocycles. The maximum absolute atomic E-state index is 6.09. The van der Waals surface area contributed by atoms with Gasteiger partial charge in [0, 0.05) is 16.1 Å². The molecular weight excluding hydrogens is 314 g/mol. The summed E-state index contributed by atoms with van der Waals surface area (Å²) in [6, 6.07) is 18.0. The van der Waals surface area contributed by atoms with Gasteiger partial charge in [0.05, 0.1) is 11.4 Å². The summed E-state index contributed by atoms with van der Waals surface area (Å²) in [5.41, 5.74) is 10.2. The molecule has 0 amide bonds. The average Bonchev–Trinajstić information content (AvgIpc) is 2.82. The summed E-state index contributed by atoms with van der Waals surface area (Å²) in [5.74, 6) is 0.630. The third-order valence-electron chi connectivity index (χ3n) is 3.23. The maximum atomic E-state index is 6.09. The molecule has 1 aromatic heterocycles. The number of nitrogens with zero attached hydrogens (tertiary/aromatic N) is 2. The Morgan fingerprint density at radius 2 is 1.75 bits per heavy atom. The molecule has 0 fully saturated rings. The molecule has 0 aliphatic carbocycles. The fourth-order valence-corrected chi connectivity index (χ4v) is 2.44. The van der Waals surface area contributed by atoms with E-state index in [1.54, 1.807) is 4.68 Å². The molecule has 4 heteroatoms. The molecule has 0 aliphatic heterocycles. The second-order valence-electron chi connectivity index (χ2n) is 4.66. The van der Waals surface area contributed by atoms with E-state index < -0.39 is 0 Å². The molecule has 2 N–H and O–H groups in total. The molecule has 0 unspecified atom stereocenters. The molecule has 1 heterocycles. The van der Waals surface area contributed by atoms with Gasteiger partial charge in [-0.1, -0.05) is 40.2 Å². The monoisotopic (exact) mass is 327 g/mol. The highest BCUT2D eigenvalue weighted by molar-refractivity contribution is 9.10. The van der Waals surface area contributed by atoms with Crippen molar-refractivity contribution in [2.75, 3.05) is 5.73 Å². The van der Waals surface area contributed by atoms with Crippen LogP contribution in [-0.2, 0) is 0 Å². The van der Waals surface area contributed by atoms with E-state index in [1.807, 2.05) is 42.5 Å². The van der Waals surface area contributed by atoms with E-state index in [2.05, 4.69) is 40.1 Å². The summed E-state index contributed by atoms with van der Waals surface area (Å²) in [5, 5.41) is 4.62. The normalized spacial score (nSPS) is 10.7. The first-order valence-corrected chi connectivity index (χ1v) is 7.12. The van der Waals surface area contributed by atoms with Crippen molar-refractivity contribution < 1.29 is 0 Å². The van der Waals surface area contributed by atoms with Crippen molar-refractivity contribution in [2.45, 2.75) is 6.92 Å². The summed E-state index contributed by atoms with van der Waals surface area (Å²) in [4.78, 5) is 0. The van der Waals surface area contributed by atoms with Crippen molar-refractivity contribution in [3.63, 3.8) is 0 Å². The average molecular weight is 328 g/mol. The lowest BCUT2D eigenvalue weighted by Gasteiger charge is -2.04. The lowest BCUT2D eigenvalue weighted by molar-refractivity contribution is 0.894. The molecule has 0 aliphatic rings. The van der Waals surface area contributed by atoms with Gasteiger partial charge in [0.25, 0.3) is 0 Å². The van der Waals surface area contributed by atoms with Gasteiger partial charge in [0.1, 0.15) is 5.82 Å². The Morgan fingerprint density at radius 3 is 2.45 bits per heavy atom. The number of aryl methyl sites for hydroxylation is 1. The summed E-state index contributed by atoms with van der Waals surface area (Å²) < 4.78 is 2.79. The maximum Gasteiger partial charge on any atom is 0.127 e. The van der Waals surface area contributed by atoms with Crippen LogP contribution in [0.3, 0.4) is 0 Å². The Bertz CT molecular complexity index is 745. The lowest BCUT2D eigenvalue weighted by atomic mass is 10.1. The van der Waals surface area contributed by atoms with Gasteiger partial charge >= 0.3 is 0 Å². The van der Waals surface area contributed by atoms with Crippen molar-refractivity contribution in [1.82, 2.24) is 9.78 Å². The van der Waals surface area contributed by atoms with Gasteiger partial charge in [0.15, 0.2) is 0 Å². The van der Waals surface area contributed by atoms with Crippen molar-refractivity contribution in [3.8, 4) is 16.9 Å². The van der Waals surface area contributed by atoms with E-state index in [0.717, 1.165) is 21.4 Å². The van der Waals surface area contributed by atoms with Crippen LogP contribution in [0, 0.1) is 6.92 Å². The molecule has 0 bridgehead atoms. The zero-order valence-electron chi connectivity index (χ0n) is 11.0. The minimum Gasteiger partial charge on any atom is -0.384 e. The quantitative estimate of drug-likeness (QED) is 0.766. The SMILES string of the molecule is Cc1ccccc1-c1cc(N)n(-c2ccc(Br)cc2)n1. The zero-order chi connectivity index (χ0) is 14.1. The lowest BCUT2D eigenvalue weighted by Crippen LogP contribution is -2.01. The third-order valence-corrected chi connectivity index (χ3v) is 3.76. The van der Waals surface area contributed by atoms with Crippen LogP contribution in [-0.4, -0.2) is 9.78 Å². The van der Waals surface area contributed by atoms with Crippen molar-refractivity contribution in [2.24, 2.45) is 0 Å². The number of hydrogen-bond acceptors (Lipinski definition) is 2. The van der Waals surface area contributed by atoms with Gasteiger partial charge in [0.2, 0.25) is 0 Å². The summed E-state index contributed by atoms with van der Waals surface area (Å²) >= 11 is 3.43. The van der Waals surface area contributed by atoms with Gasteiger partial charge in [-0.15, -0.1) is 0 Å². The number of hydrogen-bond donors (Lipinski definition) is 1. The Hall–Kier alpha value is -2.07. The van der Waals surface area contributed by atoms with E-state index in [1.165, 1.54) is 5.56 Å². The van der Waals surface area contributed by atoms with Gasteiger partial charge in [-0.3, -0.25) is 0 Å².